The fourth-order valence-corrected chi connectivity index (χ4v) is 13.1. The van der Waals surface area contributed by atoms with Gasteiger partial charge in [0.05, 0.1) is 0 Å². The van der Waals surface area contributed by atoms with Crippen LogP contribution < -0.4 is 15.7 Å². The molecule has 0 saturated carbocycles. The van der Waals surface area contributed by atoms with Crippen molar-refractivity contribution in [2.24, 2.45) is 0 Å². The van der Waals surface area contributed by atoms with E-state index in [0.717, 1.165) is 0 Å². The van der Waals surface area contributed by atoms with Crippen molar-refractivity contribution in [3.63, 3.8) is 0 Å². The lowest BCUT2D eigenvalue weighted by atomic mass is 10.5. The van der Waals surface area contributed by atoms with Crippen molar-refractivity contribution >= 4 is 17.1 Å². The third-order valence-corrected chi connectivity index (χ3v) is 15.1. The van der Waals surface area contributed by atoms with E-state index in [2.05, 4.69) is 4.98 Å². The van der Waals surface area contributed by atoms with Gasteiger partial charge in [-0.2, -0.15) is 0 Å². The number of hydrogen-bond acceptors (Lipinski definition) is 6. The number of nitrogens with one attached hydrogen (secondary N) is 1. The molecule has 168 valence electrons. The first kappa shape index (κ1) is 24.4. The molecule has 0 saturated heterocycles. The summed E-state index contributed by atoms with van der Waals surface area (Å²) in [4.78, 5) is 37.0. The molecular formula is C20H34N2O6Si2. The topological polar surface area (TPSA) is 107 Å². The summed E-state index contributed by atoms with van der Waals surface area (Å²) in [7, 11) is -6.08. The maximum atomic E-state index is 12.1. The van der Waals surface area contributed by atoms with Crippen molar-refractivity contribution < 1.29 is 17.8 Å². The van der Waals surface area contributed by atoms with Gasteiger partial charge in [-0.05, 0) is 11.1 Å². The zero-order chi connectivity index (χ0) is 22.9. The lowest BCUT2D eigenvalue weighted by Crippen LogP contribution is -2.61. The number of aromatic nitrogens is 2. The normalized spacial score (nSPS) is 13.1. The first-order valence-electron chi connectivity index (χ1n) is 10.4. The van der Waals surface area contributed by atoms with Crippen LogP contribution in [0.4, 0.5) is 0 Å². The number of H-pyrrole nitrogens is 1. The third kappa shape index (κ3) is 4.71. The number of furan rings is 1. The molecule has 10 heteroatoms. The van der Waals surface area contributed by atoms with Crippen molar-refractivity contribution in [1.29, 1.82) is 0 Å². The van der Waals surface area contributed by atoms with Crippen LogP contribution in [0.2, 0.25) is 22.2 Å². The summed E-state index contributed by atoms with van der Waals surface area (Å²) in [6.45, 7) is 16.1. The van der Waals surface area contributed by atoms with Gasteiger partial charge >= 0.3 is 22.8 Å². The molecule has 2 aromatic rings. The van der Waals surface area contributed by atoms with Crippen molar-refractivity contribution in [3.05, 3.63) is 45.2 Å². The van der Waals surface area contributed by atoms with E-state index >= 15 is 0 Å². The van der Waals surface area contributed by atoms with Crippen LogP contribution in [0.15, 0.2) is 38.4 Å². The molecular weight excluding hydrogens is 420 g/mol. The minimum atomic E-state index is -3.09. The molecule has 2 aromatic heterocycles. The Kier molecular flexibility index (Phi) is 7.38. The average Bonchev–Trinajstić information content (AvgIpc) is 3.08. The lowest BCUT2D eigenvalue weighted by Gasteiger charge is -2.45. The molecule has 0 atom stereocenters. The quantitative estimate of drug-likeness (QED) is 0.554. The zero-order valence-corrected chi connectivity index (χ0v) is 21.1. The SMILES string of the molecule is CC(C)[Si](O)(O[Si](Oc1ccc(-n2ccc(=O)[nH]c2=O)o1)(C(C)C)C(C)C)C(C)C. The summed E-state index contributed by atoms with van der Waals surface area (Å²) in [6, 6.07) is 4.48. The molecule has 2 heterocycles. The predicted octanol–water partition coefficient (Wildman–Crippen LogP) is 4.03. The summed E-state index contributed by atoms with van der Waals surface area (Å²) < 4.78 is 20.1. The second kappa shape index (κ2) is 9.08. The fraction of sp³-hybridized carbons (Fsp3) is 0.600. The Bertz CT molecular complexity index is 944. The van der Waals surface area contributed by atoms with Gasteiger partial charge in [0.15, 0.2) is 0 Å². The second-order valence-corrected chi connectivity index (χ2v) is 17.5. The Morgan fingerprint density at radius 2 is 1.50 bits per heavy atom. The van der Waals surface area contributed by atoms with Crippen LogP contribution in [0, 0.1) is 0 Å². The molecule has 0 aliphatic rings. The zero-order valence-electron chi connectivity index (χ0n) is 19.1. The van der Waals surface area contributed by atoms with Crippen LogP contribution in [-0.4, -0.2) is 31.5 Å². The van der Waals surface area contributed by atoms with Crippen LogP contribution in [0.5, 0.6) is 5.95 Å². The highest BCUT2D eigenvalue weighted by Crippen LogP contribution is 2.42. The largest absolute Gasteiger partial charge is 0.494 e. The molecule has 0 radical (unpaired) electrons. The minimum absolute atomic E-state index is 0.00245. The van der Waals surface area contributed by atoms with Gasteiger partial charge in [0, 0.05) is 35.5 Å². The summed E-state index contributed by atoms with van der Waals surface area (Å²) in [5.41, 5.74) is -1.01. The molecule has 0 unspecified atom stereocenters. The minimum Gasteiger partial charge on any atom is -0.494 e. The van der Waals surface area contributed by atoms with E-state index in [9.17, 15) is 14.4 Å². The smallest absolute Gasteiger partial charge is 0.398 e. The van der Waals surface area contributed by atoms with Crippen LogP contribution in [0.1, 0.15) is 55.4 Å². The number of hydrogen-bond donors (Lipinski definition) is 2. The number of rotatable bonds is 9. The third-order valence-electron chi connectivity index (χ3n) is 5.48. The van der Waals surface area contributed by atoms with Crippen LogP contribution in [0.25, 0.3) is 5.88 Å². The van der Waals surface area contributed by atoms with Gasteiger partial charge < -0.3 is 17.8 Å². The highest BCUT2D eigenvalue weighted by molar-refractivity contribution is 6.83. The first-order chi connectivity index (χ1) is 13.8. The van der Waals surface area contributed by atoms with Crippen LogP contribution in [-0.2, 0) is 4.12 Å². The van der Waals surface area contributed by atoms with E-state index in [4.69, 9.17) is 13.0 Å². The monoisotopic (exact) mass is 454 g/mol. The maximum Gasteiger partial charge on any atom is 0.398 e. The molecule has 0 aromatic carbocycles. The molecule has 0 aliphatic heterocycles. The maximum absolute atomic E-state index is 12.1. The molecule has 2 rings (SSSR count). The predicted molar refractivity (Wildman–Crippen MR) is 121 cm³/mol. The lowest BCUT2D eigenvalue weighted by molar-refractivity contribution is 0.245. The van der Waals surface area contributed by atoms with E-state index in [1.54, 1.807) is 12.1 Å². The van der Waals surface area contributed by atoms with Crippen LogP contribution >= 0.6 is 0 Å². The van der Waals surface area contributed by atoms with Gasteiger partial charge in [-0.3, -0.25) is 9.78 Å². The van der Waals surface area contributed by atoms with E-state index in [0.29, 0.717) is 0 Å². The molecule has 30 heavy (non-hydrogen) atoms. The summed E-state index contributed by atoms with van der Waals surface area (Å²) in [5, 5.41) is 0. The van der Waals surface area contributed by atoms with Gasteiger partial charge in [0.25, 0.3) is 11.5 Å². The van der Waals surface area contributed by atoms with Gasteiger partial charge in [-0.1, -0.05) is 55.4 Å². The Labute approximate surface area is 179 Å². The van der Waals surface area contributed by atoms with Gasteiger partial charge in [-0.15, -0.1) is 0 Å². The Hall–Kier alpha value is -1.89. The molecule has 0 amide bonds. The van der Waals surface area contributed by atoms with E-state index in [1.807, 2.05) is 55.4 Å². The van der Waals surface area contributed by atoms with E-state index in [1.165, 1.54) is 16.8 Å². The molecule has 0 fully saturated rings. The molecule has 0 spiro atoms. The molecule has 2 N–H and O–H groups in total. The molecule has 8 nitrogen and oxygen atoms in total. The Balaban J connectivity index is 2.47. The Morgan fingerprint density at radius 3 is 1.97 bits per heavy atom. The van der Waals surface area contributed by atoms with E-state index < -0.39 is 28.4 Å². The first-order valence-corrected chi connectivity index (χ1v) is 14.3. The average molecular weight is 455 g/mol. The number of nitrogens with zero attached hydrogens (tertiary/aromatic N) is 1. The van der Waals surface area contributed by atoms with Gasteiger partial charge in [-0.25, -0.2) is 9.36 Å². The number of aromatic amines is 1. The van der Waals surface area contributed by atoms with E-state index in [-0.39, 0.29) is 34.0 Å². The van der Waals surface area contributed by atoms with Crippen molar-refractivity contribution in [3.8, 4) is 11.8 Å². The van der Waals surface area contributed by atoms with Crippen molar-refractivity contribution in [2.45, 2.75) is 77.6 Å². The highest BCUT2D eigenvalue weighted by atomic mass is 28.5. The van der Waals surface area contributed by atoms with Crippen molar-refractivity contribution in [2.75, 3.05) is 0 Å². The summed E-state index contributed by atoms with van der Waals surface area (Å²) in [5.74, 6) is 0.447. The Morgan fingerprint density at radius 1 is 0.933 bits per heavy atom. The van der Waals surface area contributed by atoms with Crippen LogP contribution in [0.3, 0.4) is 0 Å². The van der Waals surface area contributed by atoms with Crippen molar-refractivity contribution in [1.82, 2.24) is 9.55 Å². The van der Waals surface area contributed by atoms with Gasteiger partial charge in [0.1, 0.15) is 0 Å². The molecule has 0 bridgehead atoms. The highest BCUT2D eigenvalue weighted by Gasteiger charge is 2.56. The second-order valence-electron chi connectivity index (χ2n) is 8.87. The molecule has 0 aliphatic carbocycles. The fourth-order valence-electron chi connectivity index (χ4n) is 3.56. The summed E-state index contributed by atoms with van der Waals surface area (Å²) >= 11 is 0. The summed E-state index contributed by atoms with van der Waals surface area (Å²) in [6.07, 6.45) is 1.35. The standard InChI is InChI=1S/C20H34N2O6Si2/c1-13(2)29(25,14(3)4)28-30(15(5)6,16(7)8)27-19-10-9-18(26-19)22-12-11-17(23)21-20(22)24/h9-16,25H,1-8H3,(H,21,23,24). The van der Waals surface area contributed by atoms with Gasteiger partial charge in [0.2, 0.25) is 5.88 Å².